The molecule has 0 saturated carbocycles. The standard InChI is InChI=1S/C11H23N3/c1-9(11(2,3)4)14(5)7-6-10(13)8-12/h9-10H,6-7,13H2,1-5H3. The summed E-state index contributed by atoms with van der Waals surface area (Å²) in [7, 11) is 2.08. The van der Waals surface area contributed by atoms with Gasteiger partial charge >= 0.3 is 0 Å². The monoisotopic (exact) mass is 197 g/mol. The summed E-state index contributed by atoms with van der Waals surface area (Å²) in [6.45, 7) is 9.75. The highest BCUT2D eigenvalue weighted by molar-refractivity contribution is 4.87. The van der Waals surface area contributed by atoms with Crippen LogP contribution in [0.5, 0.6) is 0 Å². The molecule has 3 heteroatoms. The minimum atomic E-state index is -0.329. The Balaban J connectivity index is 3.98. The predicted molar refractivity (Wildman–Crippen MR) is 59.8 cm³/mol. The van der Waals surface area contributed by atoms with Crippen LogP contribution in [0.25, 0.3) is 0 Å². The van der Waals surface area contributed by atoms with Gasteiger partial charge in [-0.25, -0.2) is 0 Å². The number of nitriles is 1. The van der Waals surface area contributed by atoms with Crippen LogP contribution in [0, 0.1) is 16.7 Å². The topological polar surface area (TPSA) is 53.0 Å². The quantitative estimate of drug-likeness (QED) is 0.744. The third-order valence-electron chi connectivity index (χ3n) is 2.87. The fraction of sp³-hybridized carbons (Fsp3) is 0.909. The van der Waals surface area contributed by atoms with Crippen LogP contribution in [0.4, 0.5) is 0 Å². The molecule has 0 heterocycles. The van der Waals surface area contributed by atoms with Gasteiger partial charge in [0.05, 0.1) is 12.1 Å². The van der Waals surface area contributed by atoms with Crippen molar-refractivity contribution in [2.24, 2.45) is 11.1 Å². The van der Waals surface area contributed by atoms with E-state index in [1.165, 1.54) is 0 Å². The highest BCUT2D eigenvalue weighted by atomic mass is 15.1. The Morgan fingerprint density at radius 3 is 2.29 bits per heavy atom. The Morgan fingerprint density at radius 1 is 1.43 bits per heavy atom. The van der Waals surface area contributed by atoms with Gasteiger partial charge in [-0.2, -0.15) is 5.26 Å². The molecule has 0 rings (SSSR count). The molecule has 0 aliphatic carbocycles. The molecule has 0 bridgehead atoms. The molecule has 82 valence electrons. The van der Waals surface area contributed by atoms with Gasteiger partial charge in [0.1, 0.15) is 0 Å². The molecule has 2 unspecified atom stereocenters. The van der Waals surface area contributed by atoms with Crippen LogP contribution < -0.4 is 5.73 Å². The Morgan fingerprint density at radius 2 is 1.93 bits per heavy atom. The van der Waals surface area contributed by atoms with Crippen LogP contribution in [-0.4, -0.2) is 30.6 Å². The second kappa shape index (κ2) is 5.33. The van der Waals surface area contributed by atoms with Crippen molar-refractivity contribution >= 4 is 0 Å². The van der Waals surface area contributed by atoms with Crippen molar-refractivity contribution in [1.82, 2.24) is 4.90 Å². The molecule has 0 radical (unpaired) electrons. The van der Waals surface area contributed by atoms with Crippen molar-refractivity contribution in [1.29, 1.82) is 5.26 Å². The summed E-state index contributed by atoms with van der Waals surface area (Å²) in [6, 6.07) is 2.21. The molecule has 2 atom stereocenters. The predicted octanol–water partition coefficient (Wildman–Crippen LogP) is 1.59. The maximum atomic E-state index is 8.55. The molecular formula is C11H23N3. The van der Waals surface area contributed by atoms with Gasteiger partial charge in [-0.3, -0.25) is 0 Å². The fourth-order valence-corrected chi connectivity index (χ4v) is 1.26. The summed E-state index contributed by atoms with van der Waals surface area (Å²) in [5, 5.41) is 8.55. The molecule has 0 aliphatic rings. The highest BCUT2D eigenvalue weighted by Gasteiger charge is 2.23. The van der Waals surface area contributed by atoms with E-state index >= 15 is 0 Å². The van der Waals surface area contributed by atoms with Crippen molar-refractivity contribution in [2.75, 3.05) is 13.6 Å². The smallest absolute Gasteiger partial charge is 0.0940 e. The van der Waals surface area contributed by atoms with E-state index < -0.39 is 0 Å². The molecule has 0 aromatic heterocycles. The minimum absolute atomic E-state index is 0.269. The second-order valence-electron chi connectivity index (χ2n) is 5.05. The molecule has 3 nitrogen and oxygen atoms in total. The molecule has 14 heavy (non-hydrogen) atoms. The third-order valence-corrected chi connectivity index (χ3v) is 2.87. The molecular weight excluding hydrogens is 174 g/mol. The van der Waals surface area contributed by atoms with Crippen LogP contribution in [0.3, 0.4) is 0 Å². The Bertz CT molecular complexity index is 200. The number of nitrogens with two attached hydrogens (primary N) is 1. The van der Waals surface area contributed by atoms with E-state index in [1.54, 1.807) is 0 Å². The second-order valence-corrected chi connectivity index (χ2v) is 5.05. The van der Waals surface area contributed by atoms with E-state index in [2.05, 4.69) is 39.6 Å². The van der Waals surface area contributed by atoms with Crippen LogP contribution >= 0.6 is 0 Å². The van der Waals surface area contributed by atoms with E-state index in [1.807, 2.05) is 6.07 Å². The maximum Gasteiger partial charge on any atom is 0.0940 e. The van der Waals surface area contributed by atoms with Crippen LogP contribution in [0.1, 0.15) is 34.1 Å². The van der Waals surface area contributed by atoms with Gasteiger partial charge in [0.2, 0.25) is 0 Å². The van der Waals surface area contributed by atoms with Gasteiger partial charge in [0, 0.05) is 12.6 Å². The van der Waals surface area contributed by atoms with Crippen molar-refractivity contribution in [3.8, 4) is 6.07 Å². The lowest BCUT2D eigenvalue weighted by molar-refractivity contribution is 0.139. The highest BCUT2D eigenvalue weighted by Crippen LogP contribution is 2.22. The zero-order valence-electron chi connectivity index (χ0n) is 10.0. The summed E-state index contributed by atoms with van der Waals surface area (Å²) in [6.07, 6.45) is 0.743. The Hall–Kier alpha value is -0.590. The summed E-state index contributed by atoms with van der Waals surface area (Å²) >= 11 is 0. The van der Waals surface area contributed by atoms with E-state index in [0.29, 0.717) is 6.04 Å². The SMILES string of the molecule is CC(N(C)CCC(N)C#N)C(C)(C)C. The summed E-state index contributed by atoms with van der Waals surface area (Å²) in [5.74, 6) is 0. The lowest BCUT2D eigenvalue weighted by atomic mass is 9.87. The van der Waals surface area contributed by atoms with Crippen molar-refractivity contribution < 1.29 is 0 Å². The van der Waals surface area contributed by atoms with Crippen molar-refractivity contribution in [3.05, 3.63) is 0 Å². The molecule has 0 amide bonds. The van der Waals surface area contributed by atoms with Crippen LogP contribution in [0.2, 0.25) is 0 Å². The lowest BCUT2D eigenvalue weighted by Crippen LogP contribution is -2.41. The van der Waals surface area contributed by atoms with Gasteiger partial charge in [0.15, 0.2) is 0 Å². The largest absolute Gasteiger partial charge is 0.316 e. The van der Waals surface area contributed by atoms with Crippen molar-refractivity contribution in [2.45, 2.75) is 46.2 Å². The molecule has 0 aliphatic heterocycles. The van der Waals surface area contributed by atoms with Crippen molar-refractivity contribution in [3.63, 3.8) is 0 Å². The first-order chi connectivity index (χ1) is 6.29. The first-order valence-electron chi connectivity index (χ1n) is 5.14. The van der Waals surface area contributed by atoms with Gasteiger partial charge in [-0.15, -0.1) is 0 Å². The minimum Gasteiger partial charge on any atom is -0.316 e. The molecule has 0 aromatic rings. The normalized spacial score (nSPS) is 16.4. The van der Waals surface area contributed by atoms with Gasteiger partial charge < -0.3 is 10.6 Å². The lowest BCUT2D eigenvalue weighted by Gasteiger charge is -2.35. The zero-order chi connectivity index (χ0) is 11.4. The molecule has 0 saturated heterocycles. The number of rotatable bonds is 4. The van der Waals surface area contributed by atoms with Crippen LogP contribution in [-0.2, 0) is 0 Å². The Kier molecular flexibility index (Phi) is 5.11. The Labute approximate surface area is 87.9 Å². The van der Waals surface area contributed by atoms with E-state index in [4.69, 9.17) is 11.0 Å². The van der Waals surface area contributed by atoms with E-state index in [-0.39, 0.29) is 11.5 Å². The zero-order valence-corrected chi connectivity index (χ0v) is 10.0. The van der Waals surface area contributed by atoms with Crippen LogP contribution in [0.15, 0.2) is 0 Å². The first-order valence-corrected chi connectivity index (χ1v) is 5.14. The first kappa shape index (κ1) is 13.4. The third kappa shape index (κ3) is 4.59. The summed E-state index contributed by atoms with van der Waals surface area (Å²) < 4.78 is 0. The maximum absolute atomic E-state index is 8.55. The summed E-state index contributed by atoms with van der Waals surface area (Å²) in [4.78, 5) is 2.26. The average molecular weight is 197 g/mol. The fourth-order valence-electron chi connectivity index (χ4n) is 1.26. The van der Waals surface area contributed by atoms with Gasteiger partial charge in [0.25, 0.3) is 0 Å². The number of hydrogen-bond donors (Lipinski definition) is 1. The molecule has 0 aromatic carbocycles. The molecule has 0 fully saturated rings. The van der Waals surface area contributed by atoms with E-state index in [9.17, 15) is 0 Å². The molecule has 2 N–H and O–H groups in total. The average Bonchev–Trinajstić information content (AvgIpc) is 2.10. The number of hydrogen-bond acceptors (Lipinski definition) is 3. The number of nitrogens with zero attached hydrogens (tertiary/aromatic N) is 2. The summed E-state index contributed by atoms with van der Waals surface area (Å²) in [5.41, 5.74) is 5.81. The molecule has 0 spiro atoms. The van der Waals surface area contributed by atoms with E-state index in [0.717, 1.165) is 13.0 Å². The van der Waals surface area contributed by atoms with Gasteiger partial charge in [-0.05, 0) is 25.8 Å². The van der Waals surface area contributed by atoms with Gasteiger partial charge in [-0.1, -0.05) is 20.8 Å².